The van der Waals surface area contributed by atoms with E-state index in [2.05, 4.69) is 62.4 Å². The highest BCUT2D eigenvalue weighted by molar-refractivity contribution is 5.63. The summed E-state index contributed by atoms with van der Waals surface area (Å²) in [6.45, 7) is 4.47. The molecular weight excluding hydrogens is 240 g/mol. The molecule has 0 amide bonds. The number of hydrogen-bond acceptors (Lipinski definition) is 0. The van der Waals surface area contributed by atoms with Crippen LogP contribution in [0.2, 0.25) is 0 Å². The van der Waals surface area contributed by atoms with Gasteiger partial charge in [-0.1, -0.05) is 99.2 Å². The molecule has 106 valence electrons. The number of rotatable bonds is 1. The molecule has 0 aromatic heterocycles. The van der Waals surface area contributed by atoms with Gasteiger partial charge in [-0.15, -0.1) is 0 Å². The van der Waals surface area contributed by atoms with Gasteiger partial charge < -0.3 is 0 Å². The van der Waals surface area contributed by atoms with Crippen molar-refractivity contribution in [1.29, 1.82) is 0 Å². The van der Waals surface area contributed by atoms with Gasteiger partial charge in [-0.2, -0.15) is 0 Å². The molecule has 0 radical (unpaired) electrons. The SMILES string of the molecule is CC1CCCCC1.Cc1ccc(-c2ccccc2)cc1. The Morgan fingerprint density at radius 1 is 0.700 bits per heavy atom. The molecule has 0 heterocycles. The maximum absolute atomic E-state index is 2.36. The van der Waals surface area contributed by atoms with Crippen LogP contribution in [0.5, 0.6) is 0 Å². The molecule has 0 unspecified atom stereocenters. The standard InChI is InChI=1S/C13H12.C7H14/c1-11-7-9-13(10-8-11)12-5-3-2-4-6-12;1-7-5-3-2-4-6-7/h2-10H,1H3;7H,2-6H2,1H3. The lowest BCUT2D eigenvalue weighted by molar-refractivity contribution is 0.385. The van der Waals surface area contributed by atoms with Gasteiger partial charge >= 0.3 is 0 Å². The van der Waals surface area contributed by atoms with E-state index in [1.54, 1.807) is 0 Å². The van der Waals surface area contributed by atoms with Crippen LogP contribution >= 0.6 is 0 Å². The summed E-state index contributed by atoms with van der Waals surface area (Å²) in [7, 11) is 0. The highest BCUT2D eigenvalue weighted by Gasteiger charge is 2.05. The maximum atomic E-state index is 2.36. The zero-order valence-electron chi connectivity index (χ0n) is 12.8. The summed E-state index contributed by atoms with van der Waals surface area (Å²) < 4.78 is 0. The molecule has 2 aromatic rings. The van der Waals surface area contributed by atoms with E-state index in [4.69, 9.17) is 0 Å². The average molecular weight is 266 g/mol. The monoisotopic (exact) mass is 266 g/mol. The van der Waals surface area contributed by atoms with Crippen LogP contribution in [0.1, 0.15) is 44.6 Å². The predicted octanol–water partition coefficient (Wildman–Crippen LogP) is 6.25. The van der Waals surface area contributed by atoms with Crippen molar-refractivity contribution in [2.24, 2.45) is 5.92 Å². The normalized spacial score (nSPS) is 15.3. The lowest BCUT2D eigenvalue weighted by Gasteiger charge is -2.15. The minimum Gasteiger partial charge on any atom is -0.0625 e. The fraction of sp³-hybridized carbons (Fsp3) is 0.400. The minimum atomic E-state index is 1.04. The van der Waals surface area contributed by atoms with Crippen molar-refractivity contribution in [3.8, 4) is 11.1 Å². The Hall–Kier alpha value is -1.56. The Kier molecular flexibility index (Phi) is 5.86. The van der Waals surface area contributed by atoms with Crippen LogP contribution in [-0.2, 0) is 0 Å². The van der Waals surface area contributed by atoms with E-state index in [1.165, 1.54) is 48.8 Å². The van der Waals surface area contributed by atoms with Crippen LogP contribution in [-0.4, -0.2) is 0 Å². The summed E-state index contributed by atoms with van der Waals surface area (Å²) in [5.74, 6) is 1.04. The summed E-state index contributed by atoms with van der Waals surface area (Å²) in [6, 6.07) is 19.0. The molecule has 2 aromatic carbocycles. The van der Waals surface area contributed by atoms with Gasteiger partial charge in [0.1, 0.15) is 0 Å². The third kappa shape index (κ3) is 4.85. The number of hydrogen-bond donors (Lipinski definition) is 0. The highest BCUT2D eigenvalue weighted by Crippen LogP contribution is 2.22. The van der Waals surface area contributed by atoms with Crippen LogP contribution in [0.15, 0.2) is 54.6 Å². The van der Waals surface area contributed by atoms with Gasteiger partial charge in [0.05, 0.1) is 0 Å². The molecule has 1 aliphatic carbocycles. The van der Waals surface area contributed by atoms with Crippen LogP contribution in [0.3, 0.4) is 0 Å². The van der Waals surface area contributed by atoms with Crippen molar-refractivity contribution in [3.63, 3.8) is 0 Å². The van der Waals surface area contributed by atoms with Gasteiger partial charge in [0.15, 0.2) is 0 Å². The van der Waals surface area contributed by atoms with Gasteiger partial charge in [0.2, 0.25) is 0 Å². The van der Waals surface area contributed by atoms with Crippen molar-refractivity contribution in [2.45, 2.75) is 46.0 Å². The third-order valence-electron chi connectivity index (χ3n) is 4.05. The van der Waals surface area contributed by atoms with Gasteiger partial charge in [-0.05, 0) is 24.0 Å². The Bertz CT molecular complexity index is 475. The van der Waals surface area contributed by atoms with Crippen molar-refractivity contribution < 1.29 is 0 Å². The molecule has 0 nitrogen and oxygen atoms in total. The Morgan fingerprint density at radius 2 is 1.25 bits per heavy atom. The molecule has 0 atom stereocenters. The Labute approximate surface area is 123 Å². The quantitative estimate of drug-likeness (QED) is 0.572. The van der Waals surface area contributed by atoms with Crippen LogP contribution in [0.4, 0.5) is 0 Å². The molecule has 0 spiro atoms. The first-order valence-electron chi connectivity index (χ1n) is 7.88. The molecule has 0 heteroatoms. The van der Waals surface area contributed by atoms with E-state index in [0.29, 0.717) is 0 Å². The van der Waals surface area contributed by atoms with Gasteiger partial charge in [-0.25, -0.2) is 0 Å². The molecule has 1 fully saturated rings. The second kappa shape index (κ2) is 7.89. The van der Waals surface area contributed by atoms with Crippen molar-refractivity contribution in [1.82, 2.24) is 0 Å². The molecule has 0 N–H and O–H groups in total. The van der Waals surface area contributed by atoms with Crippen molar-refractivity contribution >= 4 is 0 Å². The third-order valence-corrected chi connectivity index (χ3v) is 4.05. The second-order valence-corrected chi connectivity index (χ2v) is 5.98. The van der Waals surface area contributed by atoms with Gasteiger partial charge in [0, 0.05) is 0 Å². The Balaban J connectivity index is 0.000000178. The molecular formula is C20H26. The lowest BCUT2D eigenvalue weighted by Crippen LogP contribution is -1.99. The summed E-state index contributed by atoms with van der Waals surface area (Å²) in [5, 5.41) is 0. The molecule has 0 aliphatic heterocycles. The Morgan fingerprint density at radius 3 is 1.75 bits per heavy atom. The molecule has 3 rings (SSSR count). The molecule has 0 bridgehead atoms. The van der Waals surface area contributed by atoms with Gasteiger partial charge in [-0.3, -0.25) is 0 Å². The first-order valence-corrected chi connectivity index (χ1v) is 7.88. The molecule has 20 heavy (non-hydrogen) atoms. The second-order valence-electron chi connectivity index (χ2n) is 5.98. The van der Waals surface area contributed by atoms with E-state index in [0.717, 1.165) is 5.92 Å². The highest BCUT2D eigenvalue weighted by atomic mass is 14.1. The predicted molar refractivity (Wildman–Crippen MR) is 88.9 cm³/mol. The van der Waals surface area contributed by atoms with Crippen LogP contribution in [0.25, 0.3) is 11.1 Å². The summed E-state index contributed by atoms with van der Waals surface area (Å²) in [4.78, 5) is 0. The fourth-order valence-corrected chi connectivity index (χ4v) is 2.68. The zero-order chi connectivity index (χ0) is 14.2. The largest absolute Gasteiger partial charge is 0.0625 e. The van der Waals surface area contributed by atoms with E-state index < -0.39 is 0 Å². The van der Waals surface area contributed by atoms with Crippen molar-refractivity contribution in [3.05, 3.63) is 60.2 Å². The topological polar surface area (TPSA) is 0 Å². The first-order chi connectivity index (χ1) is 9.75. The minimum absolute atomic E-state index is 1.04. The fourth-order valence-electron chi connectivity index (χ4n) is 2.68. The zero-order valence-corrected chi connectivity index (χ0v) is 12.8. The van der Waals surface area contributed by atoms with E-state index >= 15 is 0 Å². The first kappa shape index (κ1) is 14.8. The van der Waals surface area contributed by atoms with E-state index in [1.807, 2.05) is 6.07 Å². The van der Waals surface area contributed by atoms with Gasteiger partial charge in [0.25, 0.3) is 0 Å². The number of aryl methyl sites for hydroxylation is 1. The molecule has 1 aliphatic rings. The summed E-state index contributed by atoms with van der Waals surface area (Å²) in [5.41, 5.74) is 3.87. The average Bonchev–Trinajstić information content (AvgIpc) is 2.50. The van der Waals surface area contributed by atoms with Crippen LogP contribution < -0.4 is 0 Å². The van der Waals surface area contributed by atoms with E-state index in [-0.39, 0.29) is 0 Å². The van der Waals surface area contributed by atoms with Crippen molar-refractivity contribution in [2.75, 3.05) is 0 Å². The summed E-state index contributed by atoms with van der Waals surface area (Å²) >= 11 is 0. The van der Waals surface area contributed by atoms with E-state index in [9.17, 15) is 0 Å². The maximum Gasteiger partial charge on any atom is -0.0184 e. The molecule has 0 saturated heterocycles. The van der Waals surface area contributed by atoms with Crippen LogP contribution in [0, 0.1) is 12.8 Å². The summed E-state index contributed by atoms with van der Waals surface area (Å²) in [6.07, 6.45) is 7.44. The lowest BCUT2D eigenvalue weighted by atomic mass is 9.91. The number of benzene rings is 2. The smallest absolute Gasteiger partial charge is 0.0184 e. The molecule has 1 saturated carbocycles.